The number of carbonyl (C=O) groups is 3. The van der Waals surface area contributed by atoms with Crippen LogP contribution >= 0.6 is 0 Å². The lowest BCUT2D eigenvalue weighted by Crippen LogP contribution is -2.47. The third kappa shape index (κ3) is 4.08. The second kappa shape index (κ2) is 7.90. The molecular formula is C20H20N2O5. The number of rotatable bonds is 5. The molecule has 0 fully saturated rings. The van der Waals surface area contributed by atoms with Crippen LogP contribution in [-0.4, -0.2) is 44.0 Å². The second-order valence-electron chi connectivity index (χ2n) is 6.13. The lowest BCUT2D eigenvalue weighted by Gasteiger charge is -2.34. The van der Waals surface area contributed by atoms with Gasteiger partial charge in [-0.25, -0.2) is 4.79 Å². The van der Waals surface area contributed by atoms with Gasteiger partial charge in [0.25, 0.3) is 0 Å². The number of hydrogen-bond acceptors (Lipinski definition) is 6. The number of ketones is 1. The SMILES string of the molecule is COC(=O)C1CN(CC(=O)Nc2ccccc2C(C)=O)c2ccccc2O1. The average molecular weight is 368 g/mol. The predicted octanol–water partition coefficient (Wildman–Crippen LogP) is 2.27. The summed E-state index contributed by atoms with van der Waals surface area (Å²) in [5.74, 6) is -0.426. The zero-order valence-corrected chi connectivity index (χ0v) is 15.1. The molecule has 0 aliphatic carbocycles. The van der Waals surface area contributed by atoms with Gasteiger partial charge in [-0.2, -0.15) is 0 Å². The lowest BCUT2D eigenvalue weighted by molar-refractivity contribution is -0.148. The summed E-state index contributed by atoms with van der Waals surface area (Å²) in [4.78, 5) is 38.0. The first kappa shape index (κ1) is 18.4. The Labute approximate surface area is 156 Å². The number of carbonyl (C=O) groups excluding carboxylic acids is 3. The average Bonchev–Trinajstić information content (AvgIpc) is 2.67. The molecule has 0 radical (unpaired) electrons. The van der Waals surface area contributed by atoms with Gasteiger partial charge in [0.1, 0.15) is 5.75 Å². The van der Waals surface area contributed by atoms with Crippen LogP contribution in [0.5, 0.6) is 5.75 Å². The highest BCUT2D eigenvalue weighted by molar-refractivity contribution is 6.04. The fourth-order valence-electron chi connectivity index (χ4n) is 2.97. The molecule has 1 aliphatic heterocycles. The highest BCUT2D eigenvalue weighted by atomic mass is 16.6. The van der Waals surface area contributed by atoms with E-state index in [9.17, 15) is 14.4 Å². The maximum Gasteiger partial charge on any atom is 0.348 e. The first-order valence-corrected chi connectivity index (χ1v) is 8.48. The highest BCUT2D eigenvalue weighted by Gasteiger charge is 2.32. The van der Waals surface area contributed by atoms with Crippen molar-refractivity contribution >= 4 is 29.0 Å². The van der Waals surface area contributed by atoms with E-state index in [4.69, 9.17) is 9.47 Å². The van der Waals surface area contributed by atoms with Crippen LogP contribution in [0.25, 0.3) is 0 Å². The van der Waals surface area contributed by atoms with E-state index in [1.54, 1.807) is 41.3 Å². The molecule has 1 amide bonds. The normalized spacial score (nSPS) is 15.3. The fourth-order valence-corrected chi connectivity index (χ4v) is 2.97. The quantitative estimate of drug-likeness (QED) is 0.644. The van der Waals surface area contributed by atoms with Crippen molar-refractivity contribution in [2.45, 2.75) is 13.0 Å². The lowest BCUT2D eigenvalue weighted by atomic mass is 10.1. The van der Waals surface area contributed by atoms with E-state index in [2.05, 4.69) is 5.32 Å². The summed E-state index contributed by atoms with van der Waals surface area (Å²) in [5.41, 5.74) is 1.62. The monoisotopic (exact) mass is 368 g/mol. The Bertz CT molecular complexity index is 880. The molecule has 0 saturated carbocycles. The smallest absolute Gasteiger partial charge is 0.348 e. The van der Waals surface area contributed by atoms with Crippen molar-refractivity contribution in [1.82, 2.24) is 0 Å². The second-order valence-corrected chi connectivity index (χ2v) is 6.13. The van der Waals surface area contributed by atoms with E-state index < -0.39 is 12.1 Å². The molecule has 1 unspecified atom stereocenters. The van der Waals surface area contributed by atoms with Crippen molar-refractivity contribution < 1.29 is 23.9 Å². The van der Waals surface area contributed by atoms with Crippen molar-refractivity contribution in [2.75, 3.05) is 30.4 Å². The molecule has 1 aliphatic rings. The summed E-state index contributed by atoms with van der Waals surface area (Å²) < 4.78 is 10.4. The largest absolute Gasteiger partial charge is 0.475 e. The Kier molecular flexibility index (Phi) is 5.40. The maximum atomic E-state index is 12.6. The third-order valence-electron chi connectivity index (χ3n) is 4.24. The van der Waals surface area contributed by atoms with Gasteiger partial charge in [0, 0.05) is 5.56 Å². The summed E-state index contributed by atoms with van der Waals surface area (Å²) in [6, 6.07) is 14.0. The zero-order chi connectivity index (χ0) is 19.4. The van der Waals surface area contributed by atoms with Crippen LogP contribution in [-0.2, 0) is 14.3 Å². The molecule has 7 heteroatoms. The van der Waals surface area contributed by atoms with Gasteiger partial charge in [0.2, 0.25) is 12.0 Å². The minimum absolute atomic E-state index is 0.000106. The molecule has 3 rings (SSSR count). The fraction of sp³-hybridized carbons (Fsp3) is 0.250. The van der Waals surface area contributed by atoms with Crippen LogP contribution in [0.4, 0.5) is 11.4 Å². The summed E-state index contributed by atoms with van der Waals surface area (Å²) in [7, 11) is 1.29. The van der Waals surface area contributed by atoms with Gasteiger partial charge in [-0.05, 0) is 31.2 Å². The summed E-state index contributed by atoms with van der Waals surface area (Å²) in [6.07, 6.45) is -0.817. The predicted molar refractivity (Wildman–Crippen MR) is 100 cm³/mol. The molecule has 140 valence electrons. The number of Topliss-reactive ketones (excluding diaryl/α,β-unsaturated/α-hetero) is 1. The zero-order valence-electron chi connectivity index (χ0n) is 15.1. The number of benzene rings is 2. The molecule has 1 heterocycles. The number of hydrogen-bond donors (Lipinski definition) is 1. The van der Waals surface area contributed by atoms with Crippen LogP contribution in [0, 0.1) is 0 Å². The van der Waals surface area contributed by atoms with Crippen molar-refractivity contribution in [3.05, 3.63) is 54.1 Å². The first-order chi connectivity index (χ1) is 13.0. The molecule has 27 heavy (non-hydrogen) atoms. The molecule has 1 atom stereocenters. The molecule has 0 spiro atoms. The molecule has 0 aromatic heterocycles. The van der Waals surface area contributed by atoms with Gasteiger partial charge in [-0.3, -0.25) is 9.59 Å². The number of nitrogens with one attached hydrogen (secondary N) is 1. The minimum atomic E-state index is -0.817. The van der Waals surface area contributed by atoms with Crippen molar-refractivity contribution in [3.63, 3.8) is 0 Å². The Morgan fingerprint density at radius 3 is 2.59 bits per heavy atom. The van der Waals surface area contributed by atoms with Gasteiger partial charge >= 0.3 is 5.97 Å². The van der Waals surface area contributed by atoms with Crippen molar-refractivity contribution in [2.24, 2.45) is 0 Å². The van der Waals surface area contributed by atoms with E-state index in [1.807, 2.05) is 12.1 Å². The van der Waals surface area contributed by atoms with Crippen molar-refractivity contribution in [3.8, 4) is 5.75 Å². The number of fused-ring (bicyclic) bond motifs is 1. The molecule has 7 nitrogen and oxygen atoms in total. The van der Waals surface area contributed by atoms with Gasteiger partial charge in [0.15, 0.2) is 5.78 Å². The Hall–Kier alpha value is -3.35. The molecule has 2 aromatic carbocycles. The number of nitrogens with zero attached hydrogens (tertiary/aromatic N) is 1. The standard InChI is InChI=1S/C20H20N2O5/c1-13(23)14-7-3-4-8-15(14)21-19(24)12-22-11-18(20(25)26-2)27-17-10-6-5-9-16(17)22/h3-10,18H,11-12H2,1-2H3,(H,21,24). The molecule has 1 N–H and O–H groups in total. The Balaban J connectivity index is 1.79. The van der Waals surface area contributed by atoms with Crippen LogP contribution in [0.15, 0.2) is 48.5 Å². The van der Waals surface area contributed by atoms with Crippen LogP contribution in [0.1, 0.15) is 17.3 Å². The molecule has 0 bridgehead atoms. The number of methoxy groups -OCH3 is 1. The molecule has 0 saturated heterocycles. The van der Waals surface area contributed by atoms with Crippen molar-refractivity contribution in [1.29, 1.82) is 0 Å². The molecule has 2 aromatic rings. The van der Waals surface area contributed by atoms with Gasteiger partial charge in [-0.15, -0.1) is 0 Å². The third-order valence-corrected chi connectivity index (χ3v) is 4.24. The van der Waals surface area contributed by atoms with E-state index in [0.29, 0.717) is 22.7 Å². The highest BCUT2D eigenvalue weighted by Crippen LogP contribution is 2.33. The van der Waals surface area contributed by atoms with Crippen LogP contribution in [0.2, 0.25) is 0 Å². The van der Waals surface area contributed by atoms with Crippen LogP contribution < -0.4 is 15.0 Å². The summed E-state index contributed by atoms with van der Waals surface area (Å²) >= 11 is 0. The number of anilines is 2. The van der Waals surface area contributed by atoms with Crippen LogP contribution in [0.3, 0.4) is 0 Å². The number of amides is 1. The van der Waals surface area contributed by atoms with E-state index in [-0.39, 0.29) is 24.8 Å². The number of para-hydroxylation sites is 3. The Morgan fingerprint density at radius 2 is 1.85 bits per heavy atom. The number of esters is 1. The molecular weight excluding hydrogens is 348 g/mol. The van der Waals surface area contributed by atoms with E-state index >= 15 is 0 Å². The van der Waals surface area contributed by atoms with Gasteiger partial charge in [0.05, 0.1) is 31.6 Å². The minimum Gasteiger partial charge on any atom is -0.475 e. The summed E-state index contributed by atoms with van der Waals surface area (Å²) in [5, 5.41) is 2.77. The summed E-state index contributed by atoms with van der Waals surface area (Å²) in [6.45, 7) is 1.63. The maximum absolute atomic E-state index is 12.6. The van der Waals surface area contributed by atoms with Gasteiger partial charge in [-0.1, -0.05) is 24.3 Å². The van der Waals surface area contributed by atoms with E-state index in [1.165, 1.54) is 14.0 Å². The van der Waals surface area contributed by atoms with Gasteiger partial charge < -0.3 is 19.7 Å². The number of ether oxygens (including phenoxy) is 2. The topological polar surface area (TPSA) is 84.9 Å². The first-order valence-electron chi connectivity index (χ1n) is 8.48. The Morgan fingerprint density at radius 1 is 1.15 bits per heavy atom. The van der Waals surface area contributed by atoms with E-state index in [0.717, 1.165) is 0 Å².